The number of benzene rings is 1. The summed E-state index contributed by atoms with van der Waals surface area (Å²) in [7, 11) is 3.54. The summed E-state index contributed by atoms with van der Waals surface area (Å²) in [5.74, 6) is 0. The standard InChI is InChI=1S/C13H12F4N2/c1-19(2)7-3-4-8-9(12(14)15)6-11(13(16)17)18-10(8)5-7/h3-6,12-13H,1-2H3. The topological polar surface area (TPSA) is 16.1 Å². The molecule has 0 bridgehead atoms. The summed E-state index contributed by atoms with van der Waals surface area (Å²) >= 11 is 0. The molecule has 0 radical (unpaired) electrons. The third kappa shape index (κ3) is 2.62. The van der Waals surface area contributed by atoms with Gasteiger partial charge in [0.1, 0.15) is 5.69 Å². The molecule has 1 aromatic heterocycles. The van der Waals surface area contributed by atoms with Gasteiger partial charge in [0.25, 0.3) is 12.9 Å². The van der Waals surface area contributed by atoms with Gasteiger partial charge in [0.05, 0.1) is 5.52 Å². The van der Waals surface area contributed by atoms with Crippen molar-refractivity contribution in [2.24, 2.45) is 0 Å². The van der Waals surface area contributed by atoms with Crippen molar-refractivity contribution < 1.29 is 17.6 Å². The summed E-state index contributed by atoms with van der Waals surface area (Å²) in [4.78, 5) is 5.50. The van der Waals surface area contributed by atoms with Crippen molar-refractivity contribution in [1.82, 2.24) is 4.98 Å². The Kier molecular flexibility index (Phi) is 3.59. The molecule has 6 heteroatoms. The number of nitrogens with zero attached hydrogens (tertiary/aromatic N) is 2. The van der Waals surface area contributed by atoms with Gasteiger partial charge in [-0.25, -0.2) is 22.5 Å². The van der Waals surface area contributed by atoms with Crippen LogP contribution in [0.25, 0.3) is 10.9 Å². The number of hydrogen-bond acceptors (Lipinski definition) is 2. The lowest BCUT2D eigenvalue weighted by Crippen LogP contribution is -2.08. The lowest BCUT2D eigenvalue weighted by molar-refractivity contribution is 0.141. The Balaban J connectivity index is 2.72. The van der Waals surface area contributed by atoms with E-state index in [0.29, 0.717) is 5.69 Å². The van der Waals surface area contributed by atoms with Gasteiger partial charge in [0.2, 0.25) is 0 Å². The molecule has 0 aliphatic rings. The smallest absolute Gasteiger partial charge is 0.280 e. The van der Waals surface area contributed by atoms with Gasteiger partial charge < -0.3 is 4.90 Å². The minimum atomic E-state index is -2.87. The summed E-state index contributed by atoms with van der Waals surface area (Å²) < 4.78 is 51.2. The predicted molar refractivity (Wildman–Crippen MR) is 66.0 cm³/mol. The highest BCUT2D eigenvalue weighted by atomic mass is 19.3. The quantitative estimate of drug-likeness (QED) is 0.779. The molecule has 0 N–H and O–H groups in total. The first-order valence-electron chi connectivity index (χ1n) is 5.58. The molecule has 0 aliphatic carbocycles. The molecule has 0 fully saturated rings. The largest absolute Gasteiger partial charge is 0.378 e. The Morgan fingerprint density at radius 2 is 1.68 bits per heavy atom. The molecule has 1 aromatic carbocycles. The lowest BCUT2D eigenvalue weighted by Gasteiger charge is -2.14. The minimum absolute atomic E-state index is 0.152. The minimum Gasteiger partial charge on any atom is -0.378 e. The summed E-state index contributed by atoms with van der Waals surface area (Å²) in [6.07, 6.45) is -5.68. The van der Waals surface area contributed by atoms with Gasteiger partial charge in [-0.1, -0.05) is 6.07 Å². The summed E-state index contributed by atoms with van der Waals surface area (Å²) in [5, 5.41) is 0.199. The number of anilines is 1. The summed E-state index contributed by atoms with van der Waals surface area (Å²) in [6.45, 7) is 0. The van der Waals surface area contributed by atoms with Crippen LogP contribution in [-0.4, -0.2) is 19.1 Å². The van der Waals surface area contributed by atoms with E-state index < -0.39 is 24.1 Å². The Morgan fingerprint density at radius 3 is 2.21 bits per heavy atom. The molecule has 0 amide bonds. The van der Waals surface area contributed by atoms with Crippen molar-refractivity contribution in [3.05, 3.63) is 35.5 Å². The van der Waals surface area contributed by atoms with Gasteiger partial charge in [0.15, 0.2) is 0 Å². The van der Waals surface area contributed by atoms with Crippen LogP contribution in [0.2, 0.25) is 0 Å². The van der Waals surface area contributed by atoms with E-state index in [4.69, 9.17) is 0 Å². The lowest BCUT2D eigenvalue weighted by atomic mass is 10.1. The summed E-state index contributed by atoms with van der Waals surface area (Å²) in [6, 6.07) is 5.42. The van der Waals surface area contributed by atoms with E-state index in [1.165, 1.54) is 12.1 Å². The van der Waals surface area contributed by atoms with E-state index >= 15 is 0 Å². The van der Waals surface area contributed by atoms with Crippen molar-refractivity contribution in [2.75, 3.05) is 19.0 Å². The van der Waals surface area contributed by atoms with Crippen LogP contribution in [0.15, 0.2) is 24.3 Å². The van der Waals surface area contributed by atoms with Crippen LogP contribution in [0, 0.1) is 0 Å². The Labute approximate surface area is 107 Å². The zero-order valence-electron chi connectivity index (χ0n) is 10.4. The number of aromatic nitrogens is 1. The first-order chi connectivity index (χ1) is 8.90. The van der Waals surface area contributed by atoms with Crippen molar-refractivity contribution >= 4 is 16.6 Å². The molecular formula is C13H12F4N2. The van der Waals surface area contributed by atoms with Gasteiger partial charge >= 0.3 is 0 Å². The van der Waals surface area contributed by atoms with Crippen LogP contribution in [-0.2, 0) is 0 Å². The van der Waals surface area contributed by atoms with Gasteiger partial charge in [-0.2, -0.15) is 0 Å². The van der Waals surface area contributed by atoms with Crippen molar-refractivity contribution in [3.63, 3.8) is 0 Å². The van der Waals surface area contributed by atoms with Gasteiger partial charge in [-0.15, -0.1) is 0 Å². The average molecular weight is 272 g/mol. The third-order valence-electron chi connectivity index (χ3n) is 2.82. The predicted octanol–water partition coefficient (Wildman–Crippen LogP) is 4.18. The van der Waals surface area contributed by atoms with Crippen LogP contribution >= 0.6 is 0 Å². The number of alkyl halides is 4. The molecule has 0 saturated carbocycles. The van der Waals surface area contributed by atoms with Crippen LogP contribution in [0.3, 0.4) is 0 Å². The number of fused-ring (bicyclic) bond motifs is 1. The maximum atomic E-state index is 12.9. The molecule has 0 unspecified atom stereocenters. The van der Waals surface area contributed by atoms with Gasteiger partial charge in [0, 0.05) is 30.7 Å². The van der Waals surface area contributed by atoms with Crippen molar-refractivity contribution in [3.8, 4) is 0 Å². The van der Waals surface area contributed by atoms with Gasteiger partial charge in [-0.3, -0.25) is 0 Å². The number of halogens is 4. The average Bonchev–Trinajstić information content (AvgIpc) is 2.36. The fourth-order valence-electron chi connectivity index (χ4n) is 1.84. The van der Waals surface area contributed by atoms with Crippen molar-refractivity contribution in [2.45, 2.75) is 12.9 Å². The highest BCUT2D eigenvalue weighted by Gasteiger charge is 2.18. The fraction of sp³-hybridized carbons (Fsp3) is 0.308. The van der Waals surface area contributed by atoms with Crippen LogP contribution in [0.5, 0.6) is 0 Å². The Bertz CT molecular complexity index is 591. The maximum Gasteiger partial charge on any atom is 0.280 e. The number of hydrogen-bond donors (Lipinski definition) is 0. The molecule has 2 nitrogen and oxygen atoms in total. The Hall–Kier alpha value is -1.85. The van der Waals surface area contributed by atoms with Gasteiger partial charge in [-0.05, 0) is 18.2 Å². The first kappa shape index (κ1) is 13.6. The first-order valence-corrected chi connectivity index (χ1v) is 5.58. The van der Waals surface area contributed by atoms with E-state index in [2.05, 4.69) is 4.98 Å². The second kappa shape index (κ2) is 5.03. The molecule has 1 heterocycles. The van der Waals surface area contributed by atoms with E-state index in [9.17, 15) is 17.6 Å². The molecular weight excluding hydrogens is 260 g/mol. The monoisotopic (exact) mass is 272 g/mol. The molecule has 0 spiro atoms. The molecule has 0 saturated heterocycles. The second-order valence-electron chi connectivity index (χ2n) is 4.33. The van der Waals surface area contributed by atoms with E-state index in [0.717, 1.165) is 6.07 Å². The third-order valence-corrected chi connectivity index (χ3v) is 2.82. The molecule has 102 valence electrons. The highest BCUT2D eigenvalue weighted by Crippen LogP contribution is 2.32. The van der Waals surface area contributed by atoms with E-state index in [1.54, 1.807) is 25.1 Å². The molecule has 0 atom stereocenters. The maximum absolute atomic E-state index is 12.9. The van der Waals surface area contributed by atoms with E-state index in [1.807, 2.05) is 0 Å². The fourth-order valence-corrected chi connectivity index (χ4v) is 1.84. The SMILES string of the molecule is CN(C)c1ccc2c(C(F)F)cc(C(F)F)nc2c1. The molecule has 0 aliphatic heterocycles. The highest BCUT2D eigenvalue weighted by molar-refractivity contribution is 5.86. The molecule has 19 heavy (non-hydrogen) atoms. The normalized spacial score (nSPS) is 11.6. The van der Waals surface area contributed by atoms with Crippen molar-refractivity contribution in [1.29, 1.82) is 0 Å². The van der Waals surface area contributed by atoms with Crippen LogP contribution < -0.4 is 4.90 Å². The summed E-state index contributed by atoms with van der Waals surface area (Å²) in [5.41, 5.74) is -0.171. The Morgan fingerprint density at radius 1 is 1.00 bits per heavy atom. The zero-order valence-corrected chi connectivity index (χ0v) is 10.4. The van der Waals surface area contributed by atoms with Crippen LogP contribution in [0.1, 0.15) is 24.1 Å². The second-order valence-corrected chi connectivity index (χ2v) is 4.33. The molecule has 2 aromatic rings. The zero-order chi connectivity index (χ0) is 14.2. The van der Waals surface area contributed by atoms with Crippen LogP contribution in [0.4, 0.5) is 23.2 Å². The number of pyridine rings is 1. The van der Waals surface area contributed by atoms with E-state index in [-0.39, 0.29) is 10.9 Å². The number of rotatable bonds is 3. The molecule has 2 rings (SSSR count).